The summed E-state index contributed by atoms with van der Waals surface area (Å²) in [5.41, 5.74) is 1.69. The third kappa shape index (κ3) is 2.14. The first-order valence-electron chi connectivity index (χ1n) is 5.68. The normalized spacial score (nSPS) is 17.6. The molecule has 0 saturated heterocycles. The first-order valence-corrected chi connectivity index (χ1v) is 6.06. The highest BCUT2D eigenvalue weighted by atomic mass is 35.5. The van der Waals surface area contributed by atoms with E-state index in [1.165, 1.54) is 12.1 Å². The van der Waals surface area contributed by atoms with Crippen LogP contribution < -0.4 is 10.1 Å². The average molecular weight is 264 g/mol. The third-order valence-corrected chi connectivity index (χ3v) is 3.14. The predicted octanol–water partition coefficient (Wildman–Crippen LogP) is 4.02. The van der Waals surface area contributed by atoms with E-state index >= 15 is 0 Å². The van der Waals surface area contributed by atoms with Gasteiger partial charge in [-0.15, -0.1) is 0 Å². The zero-order chi connectivity index (χ0) is 12.5. The molecule has 0 saturated carbocycles. The lowest BCUT2D eigenvalue weighted by Gasteiger charge is -2.27. The fraction of sp³-hybridized carbons (Fsp3) is 0.143. The van der Waals surface area contributed by atoms with Crippen molar-refractivity contribution in [3.05, 3.63) is 58.9 Å². The smallest absolute Gasteiger partial charge is 0.143 e. The van der Waals surface area contributed by atoms with Gasteiger partial charge in [0, 0.05) is 11.1 Å². The minimum absolute atomic E-state index is 0.110. The summed E-state index contributed by atoms with van der Waals surface area (Å²) in [6.07, 6.45) is -0.110. The zero-order valence-corrected chi connectivity index (χ0v) is 10.2. The molecule has 1 heterocycles. The van der Waals surface area contributed by atoms with E-state index in [0.29, 0.717) is 23.0 Å². The van der Waals surface area contributed by atoms with Crippen LogP contribution in [0.1, 0.15) is 11.7 Å². The summed E-state index contributed by atoms with van der Waals surface area (Å²) in [6.45, 7) is 0.594. The highest BCUT2D eigenvalue weighted by Gasteiger charge is 2.21. The number of fused-ring (bicyclic) bond motifs is 1. The summed E-state index contributed by atoms with van der Waals surface area (Å²) >= 11 is 5.96. The van der Waals surface area contributed by atoms with Crippen molar-refractivity contribution in [1.29, 1.82) is 0 Å². The molecule has 2 nitrogen and oxygen atoms in total. The van der Waals surface area contributed by atoms with Gasteiger partial charge in [0.05, 0.1) is 12.2 Å². The Morgan fingerprint density at radius 3 is 2.94 bits per heavy atom. The van der Waals surface area contributed by atoms with Crippen LogP contribution in [0.15, 0.2) is 42.5 Å². The molecule has 2 aromatic carbocycles. The Labute approximate surface area is 109 Å². The number of benzene rings is 2. The van der Waals surface area contributed by atoms with Crippen molar-refractivity contribution < 1.29 is 9.13 Å². The Kier molecular flexibility index (Phi) is 2.84. The molecule has 92 valence electrons. The molecule has 0 spiro atoms. The molecule has 4 heteroatoms. The Morgan fingerprint density at radius 2 is 2.11 bits per heavy atom. The van der Waals surface area contributed by atoms with E-state index < -0.39 is 0 Å². The van der Waals surface area contributed by atoms with Crippen molar-refractivity contribution in [2.24, 2.45) is 0 Å². The van der Waals surface area contributed by atoms with Gasteiger partial charge in [-0.25, -0.2) is 4.39 Å². The molecular weight excluding hydrogens is 253 g/mol. The second kappa shape index (κ2) is 4.50. The van der Waals surface area contributed by atoms with Crippen molar-refractivity contribution in [3.63, 3.8) is 0 Å². The summed E-state index contributed by atoms with van der Waals surface area (Å²) in [7, 11) is 0. The van der Waals surface area contributed by atoms with E-state index in [9.17, 15) is 4.39 Å². The lowest BCUT2D eigenvalue weighted by molar-refractivity contribution is 0.210. The number of hydrogen-bond acceptors (Lipinski definition) is 2. The predicted molar refractivity (Wildman–Crippen MR) is 69.7 cm³/mol. The molecular formula is C14H11ClFNO. The van der Waals surface area contributed by atoms with Gasteiger partial charge in [-0.3, -0.25) is 0 Å². The molecule has 1 aliphatic rings. The van der Waals surface area contributed by atoms with Gasteiger partial charge in [0.15, 0.2) is 0 Å². The number of ether oxygens (including phenoxy) is 1. The molecule has 1 unspecified atom stereocenters. The van der Waals surface area contributed by atoms with E-state index in [0.717, 1.165) is 5.56 Å². The number of halogens is 2. The van der Waals surface area contributed by atoms with Crippen LogP contribution >= 0.6 is 11.6 Å². The van der Waals surface area contributed by atoms with Crippen LogP contribution in [0.2, 0.25) is 5.02 Å². The van der Waals surface area contributed by atoms with E-state index in [1.54, 1.807) is 6.07 Å². The Morgan fingerprint density at radius 1 is 1.22 bits per heavy atom. The van der Waals surface area contributed by atoms with E-state index in [4.69, 9.17) is 16.3 Å². The van der Waals surface area contributed by atoms with E-state index in [-0.39, 0.29) is 11.9 Å². The average Bonchev–Trinajstić information content (AvgIpc) is 2.38. The molecule has 0 aliphatic carbocycles. The topological polar surface area (TPSA) is 21.3 Å². The van der Waals surface area contributed by atoms with Crippen molar-refractivity contribution in [2.75, 3.05) is 11.9 Å². The Bertz CT molecular complexity index is 588. The Hall–Kier alpha value is -1.74. The van der Waals surface area contributed by atoms with Gasteiger partial charge in [0.1, 0.15) is 17.7 Å². The highest BCUT2D eigenvalue weighted by molar-refractivity contribution is 6.30. The maximum Gasteiger partial charge on any atom is 0.143 e. The van der Waals surface area contributed by atoms with Crippen molar-refractivity contribution in [1.82, 2.24) is 0 Å². The molecule has 0 aromatic heterocycles. The molecule has 0 fully saturated rings. The summed E-state index contributed by atoms with van der Waals surface area (Å²) < 4.78 is 18.9. The van der Waals surface area contributed by atoms with Gasteiger partial charge in [-0.1, -0.05) is 23.7 Å². The summed E-state index contributed by atoms with van der Waals surface area (Å²) in [5, 5.41) is 3.84. The molecule has 0 bridgehead atoms. The van der Waals surface area contributed by atoms with Gasteiger partial charge in [0.2, 0.25) is 0 Å². The molecule has 2 aromatic rings. The Balaban J connectivity index is 1.89. The number of rotatable bonds is 1. The largest absolute Gasteiger partial charge is 0.482 e. The number of hydrogen-bond donors (Lipinski definition) is 1. The van der Waals surface area contributed by atoms with Gasteiger partial charge in [-0.05, 0) is 29.8 Å². The van der Waals surface area contributed by atoms with Crippen LogP contribution in [-0.4, -0.2) is 6.54 Å². The van der Waals surface area contributed by atoms with Crippen LogP contribution in [0.5, 0.6) is 5.75 Å². The summed E-state index contributed by atoms with van der Waals surface area (Å²) in [5.74, 6) is 0.388. The minimum Gasteiger partial charge on any atom is -0.482 e. The SMILES string of the molecule is Fc1ccc2c(c1)NCC(c1cccc(Cl)c1)O2. The maximum absolute atomic E-state index is 13.1. The van der Waals surface area contributed by atoms with Crippen molar-refractivity contribution in [2.45, 2.75) is 6.10 Å². The van der Waals surface area contributed by atoms with Crippen LogP contribution in [0.25, 0.3) is 0 Å². The lowest BCUT2D eigenvalue weighted by atomic mass is 10.1. The third-order valence-electron chi connectivity index (χ3n) is 2.91. The first-order chi connectivity index (χ1) is 8.72. The summed E-state index contributed by atoms with van der Waals surface area (Å²) in [6, 6.07) is 12.0. The molecule has 0 amide bonds. The molecule has 18 heavy (non-hydrogen) atoms. The molecule has 1 atom stereocenters. The lowest BCUT2D eigenvalue weighted by Crippen LogP contribution is -2.23. The van der Waals surface area contributed by atoms with Crippen LogP contribution in [0.4, 0.5) is 10.1 Å². The minimum atomic E-state index is -0.272. The second-order valence-electron chi connectivity index (χ2n) is 4.18. The number of nitrogens with one attached hydrogen (secondary N) is 1. The fourth-order valence-corrected chi connectivity index (χ4v) is 2.23. The summed E-state index contributed by atoms with van der Waals surface area (Å²) in [4.78, 5) is 0. The number of anilines is 1. The van der Waals surface area contributed by atoms with E-state index in [2.05, 4.69) is 5.32 Å². The maximum atomic E-state index is 13.1. The van der Waals surface area contributed by atoms with Crippen LogP contribution in [0.3, 0.4) is 0 Å². The monoisotopic (exact) mass is 263 g/mol. The standard InChI is InChI=1S/C14H11ClFNO/c15-10-3-1-2-9(6-10)14-8-17-12-7-11(16)4-5-13(12)18-14/h1-7,14,17H,8H2. The fourth-order valence-electron chi connectivity index (χ4n) is 2.03. The van der Waals surface area contributed by atoms with Gasteiger partial charge >= 0.3 is 0 Å². The van der Waals surface area contributed by atoms with Crippen molar-refractivity contribution >= 4 is 17.3 Å². The van der Waals surface area contributed by atoms with E-state index in [1.807, 2.05) is 24.3 Å². The molecule has 0 radical (unpaired) electrons. The molecule has 1 aliphatic heterocycles. The van der Waals surface area contributed by atoms with Gasteiger partial charge in [-0.2, -0.15) is 0 Å². The molecule has 3 rings (SSSR count). The van der Waals surface area contributed by atoms with Crippen LogP contribution in [-0.2, 0) is 0 Å². The highest BCUT2D eigenvalue weighted by Crippen LogP contribution is 2.34. The van der Waals surface area contributed by atoms with Crippen molar-refractivity contribution in [3.8, 4) is 5.75 Å². The first kappa shape index (κ1) is 11.4. The van der Waals surface area contributed by atoms with Crippen LogP contribution in [0, 0.1) is 5.82 Å². The second-order valence-corrected chi connectivity index (χ2v) is 4.62. The quantitative estimate of drug-likeness (QED) is 0.839. The van der Waals surface area contributed by atoms with Gasteiger partial charge < -0.3 is 10.1 Å². The molecule has 1 N–H and O–H groups in total. The zero-order valence-electron chi connectivity index (χ0n) is 9.49. The van der Waals surface area contributed by atoms with Gasteiger partial charge in [0.25, 0.3) is 0 Å².